The Morgan fingerprint density at radius 1 is 1.07 bits per heavy atom. The second-order valence-electron chi connectivity index (χ2n) is 16.7. The molecule has 2 aliphatic heterocycles. The fourth-order valence-corrected chi connectivity index (χ4v) is 8.84. The lowest BCUT2D eigenvalue weighted by Crippen LogP contribution is -2.59. The van der Waals surface area contributed by atoms with Gasteiger partial charge in [0.05, 0.1) is 22.0 Å². The molecule has 1 saturated heterocycles. The standard InChI is InChI=1S/C37H50F3N5O9S/c1-21-11-7-8-12-23-19-36(23,31(48)43-55(52,53)35(6)15-16-35)42-29(46)27-18-24(45(33(50)51)26-14-10-9-13-25(26)37(38,39)40)20-44(27)30(47)28(22(2)17-21)41-32(49)54-34(3,4)5/h8-10,12-14,21-24,27-28H,7,11,15-20H2,1-6H3,(H,41,49)(H,42,46)(H,43,48)(H,50,51)/b12-8-/t21-,22-,23-,24-,27+,28+,36-/m1/s1. The largest absolute Gasteiger partial charge is 0.465 e. The minimum absolute atomic E-state index is 0.000421. The molecule has 0 aromatic heterocycles. The van der Waals surface area contributed by atoms with E-state index in [2.05, 4.69) is 15.4 Å². The number of alkyl carbamates (subject to hydrolysis) is 1. The molecule has 304 valence electrons. The summed E-state index contributed by atoms with van der Waals surface area (Å²) < 4.78 is 75.2. The molecule has 2 saturated carbocycles. The Morgan fingerprint density at radius 2 is 1.73 bits per heavy atom. The number of fused-ring (bicyclic) bond motifs is 2. The Bertz CT molecular complexity index is 1840. The van der Waals surface area contributed by atoms with Crippen molar-refractivity contribution < 1.29 is 55.4 Å². The van der Waals surface area contributed by atoms with Gasteiger partial charge < -0.3 is 25.4 Å². The zero-order chi connectivity index (χ0) is 40.9. The lowest BCUT2D eigenvalue weighted by Gasteiger charge is -2.33. The maximum atomic E-state index is 14.7. The molecule has 7 atom stereocenters. The Labute approximate surface area is 318 Å². The van der Waals surface area contributed by atoms with Gasteiger partial charge in [-0.25, -0.2) is 18.0 Å². The Morgan fingerprint density at radius 3 is 2.33 bits per heavy atom. The first-order valence-corrected chi connectivity index (χ1v) is 19.9. The number of allylic oxidation sites excluding steroid dienone is 1. The molecule has 2 aliphatic carbocycles. The number of para-hydroxylation sites is 1. The van der Waals surface area contributed by atoms with Crippen molar-refractivity contribution in [2.75, 3.05) is 11.4 Å². The lowest BCUT2D eigenvalue weighted by atomic mass is 9.88. The third kappa shape index (κ3) is 9.04. The molecule has 0 radical (unpaired) electrons. The Hall–Kier alpha value is -4.35. The normalized spacial score (nSPS) is 30.3. The van der Waals surface area contributed by atoms with Gasteiger partial charge in [-0.1, -0.05) is 38.1 Å². The number of benzene rings is 1. The number of carboxylic acid groups (broad SMARTS) is 1. The zero-order valence-electron chi connectivity index (χ0n) is 31.7. The molecular formula is C37H50F3N5O9S. The van der Waals surface area contributed by atoms with E-state index in [9.17, 15) is 50.7 Å². The number of ether oxygens (including phenoxy) is 1. The Kier molecular flexibility index (Phi) is 11.4. The summed E-state index contributed by atoms with van der Waals surface area (Å²) in [6.07, 6.45) is -2.27. The SMILES string of the molecule is C[C@@H]1CC/C=C\[C@@H]2C[C@@]2(C(=O)NS(=O)(=O)C2(C)CC2)NC(=O)[C@@H]2C[C@@H](N(C(=O)O)c3ccccc3C(F)(F)F)CN2C(=O)[C@@H](NC(=O)OC(C)(C)C)[C@H](C)C1. The number of hydrogen-bond donors (Lipinski definition) is 4. The van der Waals surface area contributed by atoms with Gasteiger partial charge in [0.1, 0.15) is 23.2 Å². The molecule has 5 rings (SSSR count). The lowest BCUT2D eigenvalue weighted by molar-refractivity contribution is -0.142. The summed E-state index contributed by atoms with van der Waals surface area (Å²) in [6.45, 7) is 9.51. The van der Waals surface area contributed by atoms with Crippen LogP contribution in [-0.2, 0) is 35.3 Å². The minimum atomic E-state index is -4.96. The highest BCUT2D eigenvalue weighted by atomic mass is 32.2. The van der Waals surface area contributed by atoms with Gasteiger partial charge in [0.2, 0.25) is 21.8 Å². The van der Waals surface area contributed by atoms with Crippen molar-refractivity contribution in [1.29, 1.82) is 0 Å². The average molecular weight is 798 g/mol. The van der Waals surface area contributed by atoms with Gasteiger partial charge in [0.25, 0.3) is 5.91 Å². The number of nitrogens with one attached hydrogen (secondary N) is 3. The predicted molar refractivity (Wildman–Crippen MR) is 194 cm³/mol. The molecule has 0 spiro atoms. The van der Waals surface area contributed by atoms with Crippen molar-refractivity contribution in [3.63, 3.8) is 0 Å². The van der Waals surface area contributed by atoms with Crippen LogP contribution in [0.3, 0.4) is 0 Å². The van der Waals surface area contributed by atoms with E-state index in [-0.39, 0.29) is 12.3 Å². The number of halogens is 3. The van der Waals surface area contributed by atoms with Crippen LogP contribution in [0, 0.1) is 17.8 Å². The van der Waals surface area contributed by atoms with E-state index in [1.165, 1.54) is 13.0 Å². The summed E-state index contributed by atoms with van der Waals surface area (Å²) in [5.41, 5.74) is -4.67. The van der Waals surface area contributed by atoms with Gasteiger partial charge in [-0.2, -0.15) is 13.2 Å². The van der Waals surface area contributed by atoms with Crippen LogP contribution >= 0.6 is 0 Å². The number of amides is 5. The highest BCUT2D eigenvalue weighted by Gasteiger charge is 2.63. The third-order valence-electron chi connectivity index (χ3n) is 11.0. The van der Waals surface area contributed by atoms with E-state index < -0.39 is 116 Å². The summed E-state index contributed by atoms with van der Waals surface area (Å²) in [5.74, 6) is -3.93. The van der Waals surface area contributed by atoms with Crippen LogP contribution in [0.5, 0.6) is 0 Å². The number of hydrogen-bond acceptors (Lipinski definition) is 8. The van der Waals surface area contributed by atoms with Gasteiger partial charge in [0.15, 0.2) is 0 Å². The topological polar surface area (TPSA) is 192 Å². The molecule has 14 nitrogen and oxygen atoms in total. The van der Waals surface area contributed by atoms with Crippen LogP contribution in [0.1, 0.15) is 92.1 Å². The van der Waals surface area contributed by atoms with Crippen LogP contribution in [0.15, 0.2) is 36.4 Å². The van der Waals surface area contributed by atoms with E-state index in [1.807, 2.05) is 13.0 Å². The first-order chi connectivity index (χ1) is 25.4. The second-order valence-corrected chi connectivity index (χ2v) is 18.9. The fraction of sp³-hybridized carbons (Fsp3) is 0.649. The number of rotatable bonds is 6. The smallest absolute Gasteiger partial charge is 0.418 e. The van der Waals surface area contributed by atoms with Crippen molar-refractivity contribution >= 4 is 45.6 Å². The van der Waals surface area contributed by atoms with Crippen molar-refractivity contribution in [2.24, 2.45) is 17.8 Å². The average Bonchev–Trinajstić information content (AvgIpc) is 3.93. The third-order valence-corrected chi connectivity index (χ3v) is 13.1. The van der Waals surface area contributed by atoms with E-state index in [0.29, 0.717) is 37.0 Å². The van der Waals surface area contributed by atoms with Crippen molar-refractivity contribution in [3.8, 4) is 0 Å². The molecule has 1 aromatic carbocycles. The zero-order valence-corrected chi connectivity index (χ0v) is 32.6. The minimum Gasteiger partial charge on any atom is -0.465 e. The van der Waals surface area contributed by atoms with E-state index in [0.717, 1.165) is 23.1 Å². The fourth-order valence-electron chi connectivity index (χ4n) is 7.53. The number of anilines is 1. The first-order valence-electron chi connectivity index (χ1n) is 18.4. The number of nitrogens with zero attached hydrogens (tertiary/aromatic N) is 2. The molecule has 1 aromatic rings. The van der Waals surface area contributed by atoms with Crippen LogP contribution in [0.4, 0.5) is 28.4 Å². The second kappa shape index (κ2) is 15.0. The van der Waals surface area contributed by atoms with E-state index in [4.69, 9.17) is 4.74 Å². The molecule has 55 heavy (non-hydrogen) atoms. The summed E-state index contributed by atoms with van der Waals surface area (Å²) in [7, 11) is -4.13. The van der Waals surface area contributed by atoms with Crippen LogP contribution in [-0.4, -0.2) is 88.9 Å². The van der Waals surface area contributed by atoms with Crippen molar-refractivity contribution in [2.45, 2.75) is 127 Å². The molecule has 0 unspecified atom stereocenters. The van der Waals surface area contributed by atoms with Gasteiger partial charge in [-0.15, -0.1) is 0 Å². The van der Waals surface area contributed by atoms with Gasteiger partial charge in [0, 0.05) is 12.5 Å². The monoisotopic (exact) mass is 797 g/mol. The maximum Gasteiger partial charge on any atom is 0.418 e. The summed E-state index contributed by atoms with van der Waals surface area (Å²) in [4.78, 5) is 70.4. The highest BCUT2D eigenvalue weighted by Crippen LogP contribution is 2.48. The first kappa shape index (κ1) is 41.8. The molecule has 4 N–H and O–H groups in total. The van der Waals surface area contributed by atoms with Crippen LogP contribution < -0.4 is 20.3 Å². The molecule has 18 heteroatoms. The van der Waals surface area contributed by atoms with Gasteiger partial charge >= 0.3 is 18.4 Å². The molecule has 5 amide bonds. The van der Waals surface area contributed by atoms with Crippen molar-refractivity contribution in [1.82, 2.24) is 20.3 Å². The summed E-state index contributed by atoms with van der Waals surface area (Å²) in [5, 5.41) is 15.7. The number of alkyl halides is 3. The number of carbonyl (C=O) groups excluding carboxylic acids is 4. The van der Waals surface area contributed by atoms with Crippen LogP contribution in [0.25, 0.3) is 0 Å². The molecule has 3 fully saturated rings. The van der Waals surface area contributed by atoms with Crippen LogP contribution in [0.2, 0.25) is 0 Å². The molecule has 2 heterocycles. The van der Waals surface area contributed by atoms with Gasteiger partial charge in [-0.3, -0.25) is 24.0 Å². The summed E-state index contributed by atoms with van der Waals surface area (Å²) >= 11 is 0. The summed E-state index contributed by atoms with van der Waals surface area (Å²) in [6, 6.07) is -0.231. The van der Waals surface area contributed by atoms with Gasteiger partial charge in [-0.05, 0) is 96.6 Å². The molecule has 0 bridgehead atoms. The number of carbonyl (C=O) groups is 5. The van der Waals surface area contributed by atoms with Crippen molar-refractivity contribution in [3.05, 3.63) is 42.0 Å². The highest BCUT2D eigenvalue weighted by molar-refractivity contribution is 7.91. The van der Waals surface area contributed by atoms with E-state index in [1.54, 1.807) is 33.8 Å². The Balaban J connectivity index is 1.58. The molecule has 4 aliphatic rings. The quantitative estimate of drug-likeness (QED) is 0.289. The molecular weight excluding hydrogens is 747 g/mol. The maximum absolute atomic E-state index is 14.7. The van der Waals surface area contributed by atoms with E-state index >= 15 is 0 Å². The number of sulfonamides is 1. The predicted octanol–water partition coefficient (Wildman–Crippen LogP) is 4.94.